The van der Waals surface area contributed by atoms with Crippen molar-refractivity contribution in [3.05, 3.63) is 47.3 Å². The molecule has 0 spiro atoms. The average molecular weight is 289 g/mol. The molecule has 0 aliphatic heterocycles. The van der Waals surface area contributed by atoms with Crippen LogP contribution in [0, 0.1) is 0 Å². The fourth-order valence-electron chi connectivity index (χ4n) is 1.68. The predicted octanol–water partition coefficient (Wildman–Crippen LogP) is -0.135. The van der Waals surface area contributed by atoms with Crippen molar-refractivity contribution < 1.29 is 14.7 Å². The van der Waals surface area contributed by atoms with Crippen molar-refractivity contribution in [3.8, 4) is 0 Å². The molecule has 1 aromatic heterocycles. The number of benzene rings is 1. The van der Waals surface area contributed by atoms with Crippen LogP contribution in [0.1, 0.15) is 26.4 Å². The Kier molecular flexibility index (Phi) is 4.62. The van der Waals surface area contributed by atoms with Crippen LogP contribution in [-0.4, -0.2) is 38.5 Å². The highest BCUT2D eigenvalue weighted by Crippen LogP contribution is 2.04. The number of nitrogens with zero attached hydrogens (tertiary/aromatic N) is 3. The Balaban J connectivity index is 1.92. The quantitative estimate of drug-likeness (QED) is 0.680. The Morgan fingerprint density at radius 2 is 2.00 bits per heavy atom. The number of carboxylic acids is 1. The smallest absolute Gasteiger partial charge is 0.335 e. The molecule has 0 aliphatic rings. The van der Waals surface area contributed by atoms with Gasteiger partial charge in [-0.25, -0.2) is 4.79 Å². The molecule has 0 aliphatic carbocycles. The minimum absolute atomic E-state index is 0.204. The van der Waals surface area contributed by atoms with Crippen molar-refractivity contribution in [1.29, 1.82) is 0 Å². The first-order valence-electron chi connectivity index (χ1n) is 6.31. The number of aromatic carboxylic acids is 1. The third-order valence-corrected chi connectivity index (χ3v) is 2.78. The molecule has 0 saturated heterocycles. The van der Waals surface area contributed by atoms with Gasteiger partial charge in [-0.2, -0.15) is 0 Å². The molecular weight excluding hydrogens is 274 g/mol. The molecule has 1 amide bonds. The van der Waals surface area contributed by atoms with Gasteiger partial charge in [0.25, 0.3) is 5.91 Å². The van der Waals surface area contributed by atoms with E-state index < -0.39 is 5.97 Å². The fraction of sp³-hybridized carbons (Fsp3) is 0.231. The van der Waals surface area contributed by atoms with Gasteiger partial charge in [-0.05, 0) is 17.7 Å². The normalized spacial score (nSPS) is 10.3. The standard InChI is InChI=1S/C13H15N5O3/c14-5-6-18-8-11(16-17-18)12(19)15-7-9-1-3-10(4-2-9)13(20)21/h1-4,8H,5-7,14H2,(H,15,19)(H,20,21). The lowest BCUT2D eigenvalue weighted by molar-refractivity contribution is 0.0696. The van der Waals surface area contributed by atoms with E-state index in [9.17, 15) is 9.59 Å². The van der Waals surface area contributed by atoms with Crippen LogP contribution in [0.3, 0.4) is 0 Å². The van der Waals surface area contributed by atoms with E-state index in [0.29, 0.717) is 13.1 Å². The van der Waals surface area contributed by atoms with E-state index in [1.165, 1.54) is 23.0 Å². The first kappa shape index (κ1) is 14.7. The summed E-state index contributed by atoms with van der Waals surface area (Å²) in [5, 5.41) is 19.0. The third-order valence-electron chi connectivity index (χ3n) is 2.78. The molecule has 0 radical (unpaired) electrons. The summed E-state index contributed by atoms with van der Waals surface area (Å²) in [6.45, 7) is 1.19. The van der Waals surface area contributed by atoms with Crippen LogP contribution < -0.4 is 11.1 Å². The SMILES string of the molecule is NCCn1cc(C(=O)NCc2ccc(C(=O)O)cc2)nn1. The molecule has 0 bridgehead atoms. The van der Waals surface area contributed by atoms with Gasteiger partial charge in [-0.3, -0.25) is 9.48 Å². The van der Waals surface area contributed by atoms with Crippen LogP contribution >= 0.6 is 0 Å². The molecule has 0 fully saturated rings. The van der Waals surface area contributed by atoms with E-state index in [1.807, 2.05) is 0 Å². The van der Waals surface area contributed by atoms with Gasteiger partial charge in [-0.15, -0.1) is 5.10 Å². The summed E-state index contributed by atoms with van der Waals surface area (Å²) in [5.74, 6) is -1.33. The minimum Gasteiger partial charge on any atom is -0.478 e. The first-order chi connectivity index (χ1) is 10.1. The Morgan fingerprint density at radius 3 is 2.62 bits per heavy atom. The lowest BCUT2D eigenvalue weighted by atomic mass is 10.1. The van der Waals surface area contributed by atoms with E-state index in [1.54, 1.807) is 12.1 Å². The number of nitrogens with one attached hydrogen (secondary N) is 1. The highest BCUT2D eigenvalue weighted by molar-refractivity contribution is 5.91. The first-order valence-corrected chi connectivity index (χ1v) is 6.31. The zero-order valence-electron chi connectivity index (χ0n) is 11.2. The highest BCUT2D eigenvalue weighted by atomic mass is 16.4. The zero-order chi connectivity index (χ0) is 15.2. The molecule has 4 N–H and O–H groups in total. The molecule has 1 heterocycles. The van der Waals surface area contributed by atoms with Crippen LogP contribution in [0.2, 0.25) is 0 Å². The summed E-state index contributed by atoms with van der Waals surface area (Å²) in [7, 11) is 0. The van der Waals surface area contributed by atoms with E-state index >= 15 is 0 Å². The lowest BCUT2D eigenvalue weighted by Gasteiger charge is -2.03. The van der Waals surface area contributed by atoms with Crippen LogP contribution in [0.25, 0.3) is 0 Å². The molecule has 0 atom stereocenters. The Hall–Kier alpha value is -2.74. The van der Waals surface area contributed by atoms with Crippen LogP contribution in [0.5, 0.6) is 0 Å². The van der Waals surface area contributed by atoms with E-state index in [0.717, 1.165) is 5.56 Å². The summed E-state index contributed by atoms with van der Waals surface area (Å²) < 4.78 is 1.50. The minimum atomic E-state index is -0.984. The number of nitrogens with two attached hydrogens (primary N) is 1. The van der Waals surface area contributed by atoms with Gasteiger partial charge in [0.2, 0.25) is 0 Å². The van der Waals surface area contributed by atoms with Crippen molar-refractivity contribution in [2.45, 2.75) is 13.1 Å². The molecule has 1 aromatic carbocycles. The van der Waals surface area contributed by atoms with Crippen LogP contribution in [-0.2, 0) is 13.1 Å². The monoisotopic (exact) mass is 289 g/mol. The number of hydrogen-bond donors (Lipinski definition) is 3. The van der Waals surface area contributed by atoms with Gasteiger partial charge >= 0.3 is 5.97 Å². The van der Waals surface area contributed by atoms with Crippen molar-refractivity contribution >= 4 is 11.9 Å². The second-order valence-corrected chi connectivity index (χ2v) is 4.34. The number of aromatic nitrogens is 3. The molecule has 21 heavy (non-hydrogen) atoms. The lowest BCUT2D eigenvalue weighted by Crippen LogP contribution is -2.23. The summed E-state index contributed by atoms with van der Waals surface area (Å²) in [6.07, 6.45) is 1.52. The van der Waals surface area contributed by atoms with Gasteiger partial charge in [-0.1, -0.05) is 17.3 Å². The Morgan fingerprint density at radius 1 is 1.29 bits per heavy atom. The number of carbonyl (C=O) groups excluding carboxylic acids is 1. The number of carboxylic acid groups (broad SMARTS) is 1. The maximum absolute atomic E-state index is 11.9. The van der Waals surface area contributed by atoms with Gasteiger partial charge in [0.15, 0.2) is 5.69 Å². The molecule has 0 saturated carbocycles. The molecule has 8 heteroatoms. The Labute approximate surface area is 120 Å². The summed E-state index contributed by atoms with van der Waals surface area (Å²) in [4.78, 5) is 22.6. The summed E-state index contributed by atoms with van der Waals surface area (Å²) in [6, 6.07) is 6.27. The number of carbonyl (C=O) groups is 2. The van der Waals surface area contributed by atoms with E-state index in [4.69, 9.17) is 10.8 Å². The maximum Gasteiger partial charge on any atom is 0.335 e. The maximum atomic E-state index is 11.9. The van der Waals surface area contributed by atoms with Gasteiger partial charge in [0.1, 0.15) is 0 Å². The molecule has 2 aromatic rings. The van der Waals surface area contributed by atoms with E-state index in [-0.39, 0.29) is 23.7 Å². The predicted molar refractivity (Wildman–Crippen MR) is 73.6 cm³/mol. The second kappa shape index (κ2) is 6.62. The van der Waals surface area contributed by atoms with Crippen molar-refractivity contribution in [3.63, 3.8) is 0 Å². The number of rotatable bonds is 6. The van der Waals surface area contributed by atoms with Crippen molar-refractivity contribution in [2.24, 2.45) is 5.73 Å². The third kappa shape index (κ3) is 3.86. The molecular formula is C13H15N5O3. The molecule has 8 nitrogen and oxygen atoms in total. The summed E-state index contributed by atoms with van der Waals surface area (Å²) >= 11 is 0. The molecule has 0 unspecified atom stereocenters. The van der Waals surface area contributed by atoms with Gasteiger partial charge in [0.05, 0.1) is 18.3 Å². The fourth-order valence-corrected chi connectivity index (χ4v) is 1.68. The molecule has 2 rings (SSSR count). The topological polar surface area (TPSA) is 123 Å². The van der Waals surface area contributed by atoms with E-state index in [2.05, 4.69) is 15.6 Å². The van der Waals surface area contributed by atoms with Gasteiger partial charge in [0, 0.05) is 13.1 Å². The van der Waals surface area contributed by atoms with Crippen LogP contribution in [0.15, 0.2) is 30.5 Å². The number of hydrogen-bond acceptors (Lipinski definition) is 5. The average Bonchev–Trinajstić information content (AvgIpc) is 2.94. The van der Waals surface area contributed by atoms with Crippen LogP contribution in [0.4, 0.5) is 0 Å². The second-order valence-electron chi connectivity index (χ2n) is 4.34. The Bertz CT molecular complexity index is 636. The van der Waals surface area contributed by atoms with Crippen molar-refractivity contribution in [1.82, 2.24) is 20.3 Å². The van der Waals surface area contributed by atoms with Crippen molar-refractivity contribution in [2.75, 3.05) is 6.54 Å². The highest BCUT2D eigenvalue weighted by Gasteiger charge is 2.10. The summed E-state index contributed by atoms with van der Waals surface area (Å²) in [5.41, 5.74) is 6.59. The largest absolute Gasteiger partial charge is 0.478 e. The van der Waals surface area contributed by atoms with Gasteiger partial charge < -0.3 is 16.2 Å². The zero-order valence-corrected chi connectivity index (χ0v) is 11.2. The molecule has 110 valence electrons. The number of amides is 1.